The summed E-state index contributed by atoms with van der Waals surface area (Å²) in [4.78, 5) is 24.0. The fourth-order valence-corrected chi connectivity index (χ4v) is 2.64. The summed E-state index contributed by atoms with van der Waals surface area (Å²) in [6.07, 6.45) is -0.236. The molecule has 0 saturated heterocycles. The molecule has 0 atom stereocenters. The van der Waals surface area contributed by atoms with Gasteiger partial charge in [-0.1, -0.05) is 35.9 Å². The number of nitrogens with zero attached hydrogens (tertiary/aromatic N) is 2. The molecule has 7 heteroatoms. The summed E-state index contributed by atoms with van der Waals surface area (Å²) in [5.41, 5.74) is 2.86. The molecule has 2 aromatic carbocycles. The second-order valence-corrected chi connectivity index (χ2v) is 6.40. The van der Waals surface area contributed by atoms with Gasteiger partial charge in [0.25, 0.3) is 5.91 Å². The highest BCUT2D eigenvalue weighted by Crippen LogP contribution is 2.17. The second kappa shape index (κ2) is 8.47. The fourth-order valence-electron chi connectivity index (χ4n) is 2.64. The summed E-state index contributed by atoms with van der Waals surface area (Å²) in [6, 6.07) is 15.3. The Morgan fingerprint density at radius 1 is 1.11 bits per heavy atom. The van der Waals surface area contributed by atoms with E-state index < -0.39 is 24.3 Å². The van der Waals surface area contributed by atoms with Gasteiger partial charge in [-0.05, 0) is 37.6 Å². The number of anilines is 1. The van der Waals surface area contributed by atoms with E-state index in [1.54, 1.807) is 16.8 Å². The fraction of sp³-hybridized carbons (Fsp3) is 0.190. The summed E-state index contributed by atoms with van der Waals surface area (Å²) in [5.74, 6) is -1.20. The number of halogens is 1. The molecule has 0 bridgehead atoms. The highest BCUT2D eigenvalue weighted by atomic mass is 19.1. The van der Waals surface area contributed by atoms with Gasteiger partial charge < -0.3 is 10.1 Å². The first-order valence-electron chi connectivity index (χ1n) is 8.75. The largest absolute Gasteiger partial charge is 0.455 e. The summed E-state index contributed by atoms with van der Waals surface area (Å²) in [5, 5.41) is 7.06. The minimum Gasteiger partial charge on any atom is -0.455 e. The maximum Gasteiger partial charge on any atom is 0.310 e. The van der Waals surface area contributed by atoms with Crippen molar-refractivity contribution in [3.8, 4) is 5.69 Å². The monoisotopic (exact) mass is 381 g/mol. The van der Waals surface area contributed by atoms with Crippen LogP contribution in [-0.2, 0) is 20.7 Å². The number of hydrogen-bond acceptors (Lipinski definition) is 4. The van der Waals surface area contributed by atoms with Crippen molar-refractivity contribution in [1.29, 1.82) is 0 Å². The van der Waals surface area contributed by atoms with Gasteiger partial charge in [0.1, 0.15) is 11.6 Å². The smallest absolute Gasteiger partial charge is 0.310 e. The summed E-state index contributed by atoms with van der Waals surface area (Å²) in [6.45, 7) is 3.33. The number of carbonyl (C=O) groups excluding carboxylic acids is 2. The number of esters is 1. The number of hydrogen-bond donors (Lipinski definition) is 1. The predicted octanol–water partition coefficient (Wildman–Crippen LogP) is 3.35. The van der Waals surface area contributed by atoms with E-state index in [1.807, 2.05) is 38.1 Å². The molecule has 0 spiro atoms. The van der Waals surface area contributed by atoms with Crippen LogP contribution in [0.2, 0.25) is 0 Å². The van der Waals surface area contributed by atoms with E-state index in [4.69, 9.17) is 4.74 Å². The average Bonchev–Trinajstić information content (AvgIpc) is 3.02. The van der Waals surface area contributed by atoms with E-state index in [2.05, 4.69) is 10.4 Å². The summed E-state index contributed by atoms with van der Waals surface area (Å²) in [7, 11) is 0. The number of benzene rings is 2. The third kappa shape index (κ3) is 4.82. The lowest BCUT2D eigenvalue weighted by molar-refractivity contribution is -0.146. The Kier molecular flexibility index (Phi) is 5.84. The molecule has 0 radical (unpaired) electrons. The Hall–Kier alpha value is -3.48. The van der Waals surface area contributed by atoms with Crippen LogP contribution < -0.4 is 5.32 Å². The Morgan fingerprint density at radius 2 is 1.82 bits per heavy atom. The molecular weight excluding hydrogens is 361 g/mol. The highest BCUT2D eigenvalue weighted by Gasteiger charge is 2.14. The molecule has 28 heavy (non-hydrogen) atoms. The first-order chi connectivity index (χ1) is 13.4. The minimum atomic E-state index is -0.677. The topological polar surface area (TPSA) is 73.2 Å². The molecule has 0 saturated carbocycles. The van der Waals surface area contributed by atoms with Crippen LogP contribution in [0, 0.1) is 19.7 Å². The molecule has 144 valence electrons. The van der Waals surface area contributed by atoms with E-state index >= 15 is 0 Å². The van der Waals surface area contributed by atoms with Crippen LogP contribution in [0.1, 0.15) is 16.8 Å². The average molecular weight is 381 g/mol. The van der Waals surface area contributed by atoms with Gasteiger partial charge in [0.2, 0.25) is 0 Å². The Morgan fingerprint density at radius 3 is 2.54 bits per heavy atom. The first-order valence-corrected chi connectivity index (χ1v) is 8.75. The van der Waals surface area contributed by atoms with E-state index in [0.717, 1.165) is 16.9 Å². The molecule has 3 rings (SSSR count). The van der Waals surface area contributed by atoms with Crippen LogP contribution in [0.5, 0.6) is 0 Å². The number of aromatic nitrogens is 2. The van der Waals surface area contributed by atoms with Crippen molar-refractivity contribution in [2.45, 2.75) is 20.3 Å². The van der Waals surface area contributed by atoms with Gasteiger partial charge in [-0.25, -0.2) is 9.07 Å². The van der Waals surface area contributed by atoms with Gasteiger partial charge in [-0.3, -0.25) is 9.59 Å². The zero-order valence-electron chi connectivity index (χ0n) is 15.6. The number of nitrogens with one attached hydrogen (secondary N) is 1. The molecule has 3 aromatic rings. The SMILES string of the molecule is Cc1ccc(-n2nc(C)cc2NC(=O)COC(=O)Cc2ccccc2F)cc1. The number of ether oxygens (including phenoxy) is 1. The van der Waals surface area contributed by atoms with Crippen molar-refractivity contribution in [1.82, 2.24) is 9.78 Å². The maximum atomic E-state index is 13.6. The Labute approximate surface area is 161 Å². The van der Waals surface area contributed by atoms with Gasteiger partial charge in [-0.15, -0.1) is 0 Å². The molecule has 1 heterocycles. The van der Waals surface area contributed by atoms with Crippen molar-refractivity contribution >= 4 is 17.7 Å². The maximum absolute atomic E-state index is 13.6. The van der Waals surface area contributed by atoms with Crippen molar-refractivity contribution in [3.63, 3.8) is 0 Å². The normalized spacial score (nSPS) is 10.5. The third-order valence-corrected chi connectivity index (χ3v) is 4.03. The van der Waals surface area contributed by atoms with Gasteiger partial charge >= 0.3 is 5.97 Å². The summed E-state index contributed by atoms with van der Waals surface area (Å²) >= 11 is 0. The van der Waals surface area contributed by atoms with Crippen molar-refractivity contribution < 1.29 is 18.7 Å². The number of carbonyl (C=O) groups is 2. The molecule has 0 aliphatic rings. The summed E-state index contributed by atoms with van der Waals surface area (Å²) < 4.78 is 20.1. The van der Waals surface area contributed by atoms with Gasteiger partial charge in [0, 0.05) is 6.07 Å². The molecular formula is C21H20FN3O3. The van der Waals surface area contributed by atoms with Crippen LogP contribution in [0.25, 0.3) is 5.69 Å². The lowest BCUT2D eigenvalue weighted by Crippen LogP contribution is -2.23. The van der Waals surface area contributed by atoms with E-state index in [1.165, 1.54) is 18.2 Å². The van der Waals surface area contributed by atoms with Crippen LogP contribution in [0.15, 0.2) is 54.6 Å². The quantitative estimate of drug-likeness (QED) is 0.665. The lowest BCUT2D eigenvalue weighted by atomic mass is 10.1. The predicted molar refractivity (Wildman–Crippen MR) is 103 cm³/mol. The van der Waals surface area contributed by atoms with Crippen molar-refractivity contribution in [3.05, 3.63) is 77.2 Å². The lowest BCUT2D eigenvalue weighted by Gasteiger charge is -2.10. The minimum absolute atomic E-state index is 0.223. The van der Waals surface area contributed by atoms with Crippen LogP contribution >= 0.6 is 0 Å². The van der Waals surface area contributed by atoms with Crippen molar-refractivity contribution in [2.75, 3.05) is 11.9 Å². The highest BCUT2D eigenvalue weighted by molar-refractivity contribution is 5.92. The number of amides is 1. The standard InChI is InChI=1S/C21H20FN3O3/c1-14-7-9-17(10-8-14)25-19(11-15(2)24-25)23-20(26)13-28-21(27)12-16-5-3-4-6-18(16)22/h3-11H,12-13H2,1-2H3,(H,23,26). The molecule has 1 aromatic heterocycles. The van der Waals surface area contributed by atoms with E-state index in [0.29, 0.717) is 5.82 Å². The van der Waals surface area contributed by atoms with Crippen LogP contribution in [0.3, 0.4) is 0 Å². The van der Waals surface area contributed by atoms with Gasteiger partial charge in [0.05, 0.1) is 17.8 Å². The molecule has 0 aliphatic heterocycles. The molecule has 0 aliphatic carbocycles. The zero-order valence-corrected chi connectivity index (χ0v) is 15.6. The van der Waals surface area contributed by atoms with Crippen molar-refractivity contribution in [2.24, 2.45) is 0 Å². The molecule has 6 nitrogen and oxygen atoms in total. The van der Waals surface area contributed by atoms with Gasteiger partial charge in [-0.2, -0.15) is 5.10 Å². The van der Waals surface area contributed by atoms with Crippen LogP contribution in [0.4, 0.5) is 10.2 Å². The van der Waals surface area contributed by atoms with E-state index in [-0.39, 0.29) is 12.0 Å². The van der Waals surface area contributed by atoms with E-state index in [9.17, 15) is 14.0 Å². The zero-order chi connectivity index (χ0) is 20.1. The molecule has 1 N–H and O–H groups in total. The Balaban J connectivity index is 1.60. The first kappa shape index (κ1) is 19.3. The molecule has 0 unspecified atom stereocenters. The van der Waals surface area contributed by atoms with Crippen LogP contribution in [-0.4, -0.2) is 28.3 Å². The second-order valence-electron chi connectivity index (χ2n) is 6.40. The number of rotatable bonds is 6. The third-order valence-electron chi connectivity index (χ3n) is 4.03. The molecule has 0 fully saturated rings. The Bertz CT molecular complexity index is 996. The van der Waals surface area contributed by atoms with Gasteiger partial charge in [0.15, 0.2) is 6.61 Å². The number of aryl methyl sites for hydroxylation is 2. The molecule has 1 amide bonds.